The summed E-state index contributed by atoms with van der Waals surface area (Å²) in [5, 5.41) is 8.55. The highest BCUT2D eigenvalue weighted by molar-refractivity contribution is 7.89. The van der Waals surface area contributed by atoms with Gasteiger partial charge in [-0.05, 0) is 24.0 Å². The molecule has 106 valence electrons. The van der Waals surface area contributed by atoms with Gasteiger partial charge in [0.05, 0.1) is 5.25 Å². The first-order chi connectivity index (χ1) is 9.50. The zero-order valence-electron chi connectivity index (χ0n) is 10.8. The van der Waals surface area contributed by atoms with Crippen LogP contribution in [-0.2, 0) is 27.7 Å². The molecule has 1 aliphatic carbocycles. The summed E-state index contributed by atoms with van der Waals surface area (Å²) >= 11 is 0. The van der Waals surface area contributed by atoms with Crippen molar-refractivity contribution in [3.8, 4) is 0 Å². The molecule has 0 spiro atoms. The topological polar surface area (TPSA) is 74.7 Å². The lowest BCUT2D eigenvalue weighted by Crippen LogP contribution is -2.45. The molecule has 0 saturated heterocycles. The lowest BCUT2D eigenvalue weighted by molar-refractivity contribution is -0.139. The van der Waals surface area contributed by atoms with Crippen molar-refractivity contribution in [3.63, 3.8) is 0 Å². The molecule has 5 nitrogen and oxygen atoms in total. The van der Waals surface area contributed by atoms with Crippen LogP contribution < -0.4 is 0 Å². The van der Waals surface area contributed by atoms with Crippen molar-refractivity contribution in [1.82, 2.24) is 4.31 Å². The Morgan fingerprint density at radius 3 is 2.35 bits per heavy atom. The van der Waals surface area contributed by atoms with Gasteiger partial charge in [0.25, 0.3) is 0 Å². The number of sulfonamides is 1. The minimum absolute atomic E-state index is 0.145. The van der Waals surface area contributed by atoms with Crippen LogP contribution in [0.5, 0.6) is 0 Å². The number of hydrogen-bond acceptors (Lipinski definition) is 3. The normalized spacial score (nSPS) is 23.1. The van der Waals surface area contributed by atoms with E-state index in [2.05, 4.69) is 0 Å². The molecule has 1 atom stereocenters. The van der Waals surface area contributed by atoms with Crippen molar-refractivity contribution in [3.05, 3.63) is 47.5 Å². The number of carbonyl (C=O) groups is 1. The van der Waals surface area contributed by atoms with Gasteiger partial charge >= 0.3 is 5.97 Å². The van der Waals surface area contributed by atoms with Crippen molar-refractivity contribution >= 4 is 16.0 Å². The predicted molar refractivity (Wildman–Crippen MR) is 73.8 cm³/mol. The molecule has 0 aromatic heterocycles. The number of rotatable bonds is 3. The number of nitrogens with zero attached hydrogens (tertiary/aromatic N) is 1. The van der Waals surface area contributed by atoms with Crippen molar-refractivity contribution < 1.29 is 18.3 Å². The van der Waals surface area contributed by atoms with E-state index in [0.717, 1.165) is 15.4 Å². The number of hydrogen-bond donors (Lipinski definition) is 1. The molecule has 0 amide bonds. The first kappa shape index (κ1) is 13.3. The van der Waals surface area contributed by atoms with Crippen LogP contribution in [0, 0.1) is 0 Å². The first-order valence-corrected chi connectivity index (χ1v) is 7.97. The largest absolute Gasteiger partial charge is 0.480 e. The lowest BCUT2D eigenvalue weighted by Gasteiger charge is -2.24. The van der Waals surface area contributed by atoms with Crippen LogP contribution in [0.25, 0.3) is 0 Å². The van der Waals surface area contributed by atoms with E-state index in [0.29, 0.717) is 12.8 Å². The van der Waals surface area contributed by atoms with Gasteiger partial charge in [-0.2, -0.15) is 4.31 Å². The van der Waals surface area contributed by atoms with Crippen LogP contribution in [0.4, 0.5) is 0 Å². The van der Waals surface area contributed by atoms with Gasteiger partial charge in [0, 0.05) is 6.54 Å². The fourth-order valence-electron chi connectivity index (χ4n) is 2.89. The molecule has 1 N–H and O–H groups in total. The maximum atomic E-state index is 12.6. The van der Waals surface area contributed by atoms with Crippen molar-refractivity contribution in [1.29, 1.82) is 0 Å². The average molecular weight is 293 g/mol. The molecule has 0 bridgehead atoms. The Labute approximate surface area is 117 Å². The highest BCUT2D eigenvalue weighted by atomic mass is 32.2. The van der Waals surface area contributed by atoms with Crippen LogP contribution in [0.15, 0.2) is 36.4 Å². The van der Waals surface area contributed by atoms with Crippen LogP contribution in [0.2, 0.25) is 0 Å². The van der Waals surface area contributed by atoms with Gasteiger partial charge in [-0.3, -0.25) is 4.79 Å². The molecule has 3 rings (SSSR count). The molecule has 1 heterocycles. The third-order valence-corrected chi connectivity index (χ3v) is 6.13. The van der Waals surface area contributed by atoms with Gasteiger partial charge < -0.3 is 5.11 Å². The predicted octanol–water partition coefficient (Wildman–Crippen LogP) is 0.809. The summed E-state index contributed by atoms with van der Waals surface area (Å²) < 4.78 is 26.4. The Kier molecular flexibility index (Phi) is 3.14. The maximum Gasteiger partial charge on any atom is 0.325 e. The van der Waals surface area contributed by atoms with Gasteiger partial charge in [-0.25, -0.2) is 8.42 Å². The van der Waals surface area contributed by atoms with Crippen molar-refractivity contribution in [2.75, 3.05) is 6.54 Å². The van der Waals surface area contributed by atoms with Crippen LogP contribution in [0.3, 0.4) is 0 Å². The van der Waals surface area contributed by atoms with E-state index in [4.69, 9.17) is 5.11 Å². The second kappa shape index (κ2) is 4.71. The fourth-order valence-corrected chi connectivity index (χ4v) is 4.83. The van der Waals surface area contributed by atoms with Crippen LogP contribution in [-0.4, -0.2) is 41.6 Å². The Hall–Kier alpha value is -1.66. The van der Waals surface area contributed by atoms with Gasteiger partial charge in [-0.15, -0.1) is 0 Å². The molecule has 2 aliphatic rings. The quantitative estimate of drug-likeness (QED) is 0.837. The second-order valence-corrected chi connectivity index (χ2v) is 7.29. The summed E-state index contributed by atoms with van der Waals surface area (Å²) in [5.41, 5.74) is 2.08. The third kappa shape index (κ3) is 2.05. The summed E-state index contributed by atoms with van der Waals surface area (Å²) in [6.45, 7) is 0.145. The highest BCUT2D eigenvalue weighted by Crippen LogP contribution is 2.30. The molecule has 6 heteroatoms. The molecule has 1 aromatic carbocycles. The zero-order chi connectivity index (χ0) is 14.3. The van der Waals surface area contributed by atoms with Crippen molar-refractivity contribution in [2.45, 2.75) is 24.1 Å². The number of aliphatic carboxylic acids is 1. The Balaban J connectivity index is 1.86. The van der Waals surface area contributed by atoms with Gasteiger partial charge in [0.1, 0.15) is 6.04 Å². The molecule has 0 saturated carbocycles. The summed E-state index contributed by atoms with van der Waals surface area (Å²) in [7, 11) is -3.61. The van der Waals surface area contributed by atoms with E-state index < -0.39 is 27.3 Å². The summed E-state index contributed by atoms with van der Waals surface area (Å²) in [5.74, 6) is -1.13. The number of fused-ring (bicyclic) bond motifs is 1. The smallest absolute Gasteiger partial charge is 0.325 e. The first-order valence-electron chi connectivity index (χ1n) is 6.47. The number of carboxylic acids is 1. The SMILES string of the molecule is O=C(O)C1C=CCN1S(=O)(=O)C1Cc2ccccc2C1. The molecule has 0 fully saturated rings. The molecule has 0 radical (unpaired) electrons. The molecule has 1 aromatic rings. The summed E-state index contributed by atoms with van der Waals surface area (Å²) in [4.78, 5) is 11.1. The van der Waals surface area contributed by atoms with Crippen LogP contribution >= 0.6 is 0 Å². The minimum atomic E-state index is -3.61. The Morgan fingerprint density at radius 1 is 1.20 bits per heavy atom. The third-order valence-electron chi connectivity index (χ3n) is 3.93. The van der Waals surface area contributed by atoms with Gasteiger partial charge in [0.2, 0.25) is 10.0 Å². The van der Waals surface area contributed by atoms with Gasteiger partial charge in [0.15, 0.2) is 0 Å². The summed E-state index contributed by atoms with van der Waals surface area (Å²) in [6, 6.07) is 6.59. The Bertz CT molecular complexity index is 655. The monoisotopic (exact) mass is 293 g/mol. The van der Waals surface area contributed by atoms with Gasteiger partial charge in [-0.1, -0.05) is 36.4 Å². The zero-order valence-corrected chi connectivity index (χ0v) is 11.6. The second-order valence-electron chi connectivity index (χ2n) is 5.12. The molecular formula is C14H15NO4S. The number of benzene rings is 1. The average Bonchev–Trinajstić information content (AvgIpc) is 3.05. The van der Waals surface area contributed by atoms with E-state index in [1.54, 1.807) is 6.08 Å². The minimum Gasteiger partial charge on any atom is -0.480 e. The molecule has 20 heavy (non-hydrogen) atoms. The van der Waals surface area contributed by atoms with Crippen LogP contribution in [0.1, 0.15) is 11.1 Å². The molecule has 1 aliphatic heterocycles. The van der Waals surface area contributed by atoms with E-state index in [9.17, 15) is 13.2 Å². The fraction of sp³-hybridized carbons (Fsp3) is 0.357. The maximum absolute atomic E-state index is 12.6. The van der Waals surface area contributed by atoms with E-state index >= 15 is 0 Å². The lowest BCUT2D eigenvalue weighted by atomic mass is 10.1. The summed E-state index contributed by atoms with van der Waals surface area (Å²) in [6.07, 6.45) is 3.95. The van der Waals surface area contributed by atoms with E-state index in [1.807, 2.05) is 24.3 Å². The standard InChI is InChI=1S/C14H15NO4S/c16-14(17)13-6-3-7-15(13)20(18,19)12-8-10-4-1-2-5-11(10)9-12/h1-6,12-13H,7-9H2,(H,16,17). The highest BCUT2D eigenvalue weighted by Gasteiger charge is 2.42. The van der Waals surface area contributed by atoms with E-state index in [-0.39, 0.29) is 6.54 Å². The Morgan fingerprint density at radius 2 is 1.80 bits per heavy atom. The van der Waals surface area contributed by atoms with Crippen molar-refractivity contribution in [2.24, 2.45) is 0 Å². The van der Waals surface area contributed by atoms with E-state index in [1.165, 1.54) is 6.08 Å². The molecular weight excluding hydrogens is 278 g/mol. The molecule has 1 unspecified atom stereocenters. The number of carboxylic acid groups (broad SMARTS) is 1.